The molecule has 0 aliphatic carbocycles. The third-order valence-electron chi connectivity index (χ3n) is 4.67. The Kier molecular flexibility index (Phi) is 6.02. The van der Waals surface area contributed by atoms with Gasteiger partial charge in [-0.05, 0) is 42.8 Å². The standard InChI is InChI=1S/C23H18N4O3S2/c1-14-19(21(29)27(25-14)18-6-4-3-5-7-18)13-26-22(30)20(32-23(26)31)12-16-8-10-17(11-9-16)24-15(2)28/h3-13H,1-2H3,(H,24,28)/b19-13-,20-12+. The van der Waals surface area contributed by atoms with E-state index in [0.717, 1.165) is 17.3 Å². The number of anilines is 2. The van der Waals surface area contributed by atoms with Crippen LogP contribution in [-0.4, -0.2) is 32.7 Å². The number of thiocarbonyl (C=S) groups is 1. The minimum atomic E-state index is -0.319. The molecule has 9 heteroatoms. The van der Waals surface area contributed by atoms with E-state index in [1.54, 1.807) is 49.4 Å². The van der Waals surface area contributed by atoms with Crippen LogP contribution in [0, 0.1) is 0 Å². The van der Waals surface area contributed by atoms with Crippen molar-refractivity contribution in [1.82, 2.24) is 4.90 Å². The summed E-state index contributed by atoms with van der Waals surface area (Å²) in [4.78, 5) is 38.8. The molecule has 32 heavy (non-hydrogen) atoms. The van der Waals surface area contributed by atoms with Crippen molar-refractivity contribution in [3.8, 4) is 0 Å². The van der Waals surface area contributed by atoms with Gasteiger partial charge in [-0.15, -0.1) is 0 Å². The number of benzene rings is 2. The second kappa shape index (κ2) is 8.89. The van der Waals surface area contributed by atoms with Crippen molar-refractivity contribution >= 4 is 69.2 Å². The van der Waals surface area contributed by atoms with Gasteiger partial charge in [-0.25, -0.2) is 0 Å². The molecule has 1 saturated heterocycles. The Bertz CT molecular complexity index is 1220. The molecule has 0 unspecified atom stereocenters. The first-order chi connectivity index (χ1) is 15.3. The SMILES string of the molecule is CC(=O)Nc1ccc(/C=C2/SC(=S)N(/C=C3\C(=O)N(c4ccccc4)N=C3C)C2=O)cc1. The lowest BCUT2D eigenvalue weighted by atomic mass is 10.1. The van der Waals surface area contributed by atoms with Crippen LogP contribution in [0.1, 0.15) is 19.4 Å². The van der Waals surface area contributed by atoms with Crippen molar-refractivity contribution in [3.63, 3.8) is 0 Å². The third kappa shape index (κ3) is 4.39. The fourth-order valence-corrected chi connectivity index (χ4v) is 4.36. The Hall–Kier alpha value is -3.56. The van der Waals surface area contributed by atoms with E-state index in [9.17, 15) is 14.4 Å². The number of nitrogens with one attached hydrogen (secondary N) is 1. The van der Waals surface area contributed by atoms with E-state index in [0.29, 0.717) is 31.9 Å². The first-order valence-electron chi connectivity index (χ1n) is 9.65. The predicted octanol–water partition coefficient (Wildman–Crippen LogP) is 4.15. The summed E-state index contributed by atoms with van der Waals surface area (Å²) in [6, 6.07) is 16.2. The van der Waals surface area contributed by atoms with Gasteiger partial charge < -0.3 is 5.32 Å². The number of thioether (sulfide) groups is 1. The lowest BCUT2D eigenvalue weighted by Crippen LogP contribution is -2.26. The second-order valence-corrected chi connectivity index (χ2v) is 8.71. The van der Waals surface area contributed by atoms with Gasteiger partial charge in [-0.2, -0.15) is 10.1 Å². The highest BCUT2D eigenvalue weighted by molar-refractivity contribution is 8.26. The number of carbonyl (C=O) groups excluding carboxylic acids is 3. The molecule has 0 aromatic heterocycles. The fourth-order valence-electron chi connectivity index (χ4n) is 3.15. The molecule has 2 aliphatic rings. The second-order valence-electron chi connectivity index (χ2n) is 7.04. The van der Waals surface area contributed by atoms with Crippen LogP contribution >= 0.6 is 24.0 Å². The Balaban J connectivity index is 1.55. The highest BCUT2D eigenvalue weighted by Gasteiger charge is 2.35. The molecule has 7 nitrogen and oxygen atoms in total. The molecule has 0 saturated carbocycles. The van der Waals surface area contributed by atoms with Gasteiger partial charge in [0.05, 0.1) is 21.9 Å². The van der Waals surface area contributed by atoms with Crippen LogP contribution in [0.5, 0.6) is 0 Å². The molecule has 0 bridgehead atoms. The molecule has 3 amide bonds. The van der Waals surface area contributed by atoms with Crippen LogP contribution in [0.15, 0.2) is 76.4 Å². The number of hydrogen-bond acceptors (Lipinski definition) is 6. The highest BCUT2D eigenvalue weighted by atomic mass is 32.2. The molecule has 2 aromatic carbocycles. The lowest BCUT2D eigenvalue weighted by Gasteiger charge is -2.12. The summed E-state index contributed by atoms with van der Waals surface area (Å²) in [5.74, 6) is -0.782. The number of carbonyl (C=O) groups is 3. The summed E-state index contributed by atoms with van der Waals surface area (Å²) in [5.41, 5.74) is 2.92. The van der Waals surface area contributed by atoms with Gasteiger partial charge in [-0.1, -0.05) is 54.3 Å². The maximum absolute atomic E-state index is 13.0. The molecule has 1 fully saturated rings. The van der Waals surface area contributed by atoms with Crippen molar-refractivity contribution in [2.75, 3.05) is 10.3 Å². The number of amides is 3. The molecule has 0 spiro atoms. The van der Waals surface area contributed by atoms with Crippen molar-refractivity contribution in [2.45, 2.75) is 13.8 Å². The summed E-state index contributed by atoms with van der Waals surface area (Å²) in [5, 5.41) is 8.34. The van der Waals surface area contributed by atoms with Gasteiger partial charge >= 0.3 is 0 Å². The average molecular weight is 463 g/mol. The molecular weight excluding hydrogens is 444 g/mol. The molecule has 2 aliphatic heterocycles. The van der Waals surface area contributed by atoms with Crippen molar-refractivity contribution in [1.29, 1.82) is 0 Å². The first kappa shape index (κ1) is 21.7. The van der Waals surface area contributed by atoms with Crippen LogP contribution < -0.4 is 10.3 Å². The first-order valence-corrected chi connectivity index (χ1v) is 10.9. The van der Waals surface area contributed by atoms with E-state index < -0.39 is 0 Å². The summed E-state index contributed by atoms with van der Waals surface area (Å²) < 4.78 is 0.336. The van der Waals surface area contributed by atoms with E-state index in [1.807, 2.05) is 18.2 Å². The van der Waals surface area contributed by atoms with Gasteiger partial charge in [-0.3, -0.25) is 19.3 Å². The van der Waals surface area contributed by atoms with Crippen molar-refractivity contribution in [3.05, 3.63) is 76.8 Å². The largest absolute Gasteiger partial charge is 0.326 e. The predicted molar refractivity (Wildman–Crippen MR) is 131 cm³/mol. The Morgan fingerprint density at radius 3 is 2.41 bits per heavy atom. The van der Waals surface area contributed by atoms with Crippen LogP contribution in [0.3, 0.4) is 0 Å². The van der Waals surface area contributed by atoms with E-state index >= 15 is 0 Å². The Morgan fingerprint density at radius 1 is 1.06 bits per heavy atom. The van der Waals surface area contributed by atoms with Gasteiger partial charge in [0.1, 0.15) is 0 Å². The summed E-state index contributed by atoms with van der Waals surface area (Å²) >= 11 is 6.55. The molecular formula is C23H18N4O3S2. The van der Waals surface area contributed by atoms with Gasteiger partial charge in [0.15, 0.2) is 4.32 Å². The van der Waals surface area contributed by atoms with E-state index in [2.05, 4.69) is 10.4 Å². The number of para-hydroxylation sites is 1. The van der Waals surface area contributed by atoms with Gasteiger partial charge in [0.2, 0.25) is 5.91 Å². The minimum absolute atomic E-state index is 0.155. The third-order valence-corrected chi connectivity index (χ3v) is 6.00. The maximum atomic E-state index is 13.0. The molecule has 2 aromatic rings. The normalized spacial score (nSPS) is 18.7. The van der Waals surface area contributed by atoms with Crippen LogP contribution in [-0.2, 0) is 14.4 Å². The number of nitrogens with zero attached hydrogens (tertiary/aromatic N) is 3. The maximum Gasteiger partial charge on any atom is 0.282 e. The lowest BCUT2D eigenvalue weighted by molar-refractivity contribution is -0.120. The zero-order chi connectivity index (χ0) is 22.8. The molecule has 0 radical (unpaired) electrons. The minimum Gasteiger partial charge on any atom is -0.326 e. The zero-order valence-corrected chi connectivity index (χ0v) is 18.9. The van der Waals surface area contributed by atoms with E-state index in [-0.39, 0.29) is 17.7 Å². The quantitative estimate of drug-likeness (QED) is 0.545. The topological polar surface area (TPSA) is 82.1 Å². The van der Waals surface area contributed by atoms with Gasteiger partial charge in [0.25, 0.3) is 11.8 Å². The van der Waals surface area contributed by atoms with Crippen molar-refractivity contribution < 1.29 is 14.4 Å². The number of hydrazone groups is 1. The average Bonchev–Trinajstić information content (AvgIpc) is 3.20. The van der Waals surface area contributed by atoms with E-state index in [4.69, 9.17) is 12.2 Å². The van der Waals surface area contributed by atoms with E-state index in [1.165, 1.54) is 23.0 Å². The molecule has 1 N–H and O–H groups in total. The Labute approximate surface area is 194 Å². The van der Waals surface area contributed by atoms with Gasteiger partial charge in [0, 0.05) is 18.8 Å². The monoisotopic (exact) mass is 462 g/mol. The molecule has 2 heterocycles. The van der Waals surface area contributed by atoms with Crippen LogP contribution in [0.2, 0.25) is 0 Å². The molecule has 4 rings (SSSR count). The van der Waals surface area contributed by atoms with Crippen LogP contribution in [0.25, 0.3) is 6.08 Å². The Morgan fingerprint density at radius 2 is 1.75 bits per heavy atom. The molecule has 160 valence electrons. The smallest absolute Gasteiger partial charge is 0.282 e. The number of rotatable bonds is 4. The van der Waals surface area contributed by atoms with Crippen molar-refractivity contribution in [2.24, 2.45) is 5.10 Å². The fraction of sp³-hybridized carbons (Fsp3) is 0.0870. The summed E-state index contributed by atoms with van der Waals surface area (Å²) in [7, 11) is 0. The number of hydrogen-bond donors (Lipinski definition) is 1. The van der Waals surface area contributed by atoms with Crippen LogP contribution in [0.4, 0.5) is 11.4 Å². The summed E-state index contributed by atoms with van der Waals surface area (Å²) in [6.07, 6.45) is 3.19. The summed E-state index contributed by atoms with van der Waals surface area (Å²) in [6.45, 7) is 3.16. The zero-order valence-electron chi connectivity index (χ0n) is 17.2. The molecule has 0 atom stereocenters. The highest BCUT2D eigenvalue weighted by Crippen LogP contribution is 2.34.